The maximum Gasteiger partial charge on any atom is 0.302 e. The van der Waals surface area contributed by atoms with Gasteiger partial charge in [-0.3, -0.25) is 9.59 Å². The number of carbonyl (C=O) groups is 2. The Labute approximate surface area is 233 Å². The van der Waals surface area contributed by atoms with Crippen molar-refractivity contribution in [2.45, 2.75) is 133 Å². The molecule has 224 valence electrons. The molecule has 1 N–H and O–H groups in total. The van der Waals surface area contributed by atoms with Crippen LogP contribution in [-0.2, 0) is 23.8 Å². The largest absolute Gasteiger partial charge is 0.462 e. The fourth-order valence-electron chi connectivity index (χ4n) is 5.61. The molecule has 1 fully saturated rings. The lowest BCUT2D eigenvalue weighted by atomic mass is 9.58. The first-order valence-corrected chi connectivity index (χ1v) is 14.7. The number of hydrogen-bond donors (Lipinski definition) is 1. The van der Waals surface area contributed by atoms with E-state index in [2.05, 4.69) is 67.2 Å². The molecule has 38 heavy (non-hydrogen) atoms. The highest BCUT2D eigenvalue weighted by molar-refractivity contribution is 5.76. The molecule has 0 spiro atoms. The van der Waals surface area contributed by atoms with Gasteiger partial charge in [0.1, 0.15) is 6.10 Å². The number of amides is 1. The maximum absolute atomic E-state index is 13.2. The highest BCUT2D eigenvalue weighted by Gasteiger charge is 2.50. The van der Waals surface area contributed by atoms with Gasteiger partial charge in [0, 0.05) is 38.0 Å². The fourth-order valence-corrected chi connectivity index (χ4v) is 5.61. The number of likely N-dealkylation sites (tertiary alicyclic amines) is 1. The number of aliphatic hydroxyl groups excluding tert-OH is 1. The van der Waals surface area contributed by atoms with Crippen LogP contribution in [0.1, 0.15) is 115 Å². The molecule has 0 saturated carbocycles. The van der Waals surface area contributed by atoms with Gasteiger partial charge < -0.3 is 24.2 Å². The lowest BCUT2D eigenvalue weighted by molar-refractivity contribution is -0.169. The summed E-state index contributed by atoms with van der Waals surface area (Å²) in [6.07, 6.45) is 4.55. The number of nitrogens with zero attached hydrogens (tertiary/aromatic N) is 1. The van der Waals surface area contributed by atoms with Crippen molar-refractivity contribution < 1.29 is 28.9 Å². The van der Waals surface area contributed by atoms with Crippen molar-refractivity contribution in [3.05, 3.63) is 0 Å². The summed E-state index contributed by atoms with van der Waals surface area (Å²) in [5.41, 5.74) is -1.12. The Bertz CT molecular complexity index is 739. The Hall–Kier alpha value is -1.18. The molecule has 1 amide bonds. The van der Waals surface area contributed by atoms with Crippen LogP contribution in [0.25, 0.3) is 0 Å². The average Bonchev–Trinajstić information content (AvgIpc) is 2.99. The topological polar surface area (TPSA) is 85.3 Å². The van der Waals surface area contributed by atoms with Crippen LogP contribution >= 0.6 is 0 Å². The standard InChI is InChI=1S/C31H59NO6/c1-12-37-26(22-36-19-18-33)29(6,7)21-25(38-23(2)34)31(10,11)30(8,9)20-24(28(3,4)5)32-17-15-13-14-16-27(32)35/h24-26,33H,12-22H2,1-11H3. The molecule has 0 aromatic carbocycles. The van der Waals surface area contributed by atoms with Gasteiger partial charge in [0.2, 0.25) is 5.91 Å². The van der Waals surface area contributed by atoms with Crippen molar-refractivity contribution >= 4 is 11.9 Å². The van der Waals surface area contributed by atoms with Gasteiger partial charge in [0.25, 0.3) is 0 Å². The van der Waals surface area contributed by atoms with Crippen molar-refractivity contribution in [3.63, 3.8) is 0 Å². The molecule has 0 bridgehead atoms. The van der Waals surface area contributed by atoms with Crippen LogP contribution in [0.4, 0.5) is 0 Å². The monoisotopic (exact) mass is 541 g/mol. The second kappa shape index (κ2) is 14.5. The first kappa shape index (κ1) is 34.8. The molecule has 1 rings (SSSR count). The normalized spacial score (nSPS) is 18.6. The van der Waals surface area contributed by atoms with Gasteiger partial charge in [-0.05, 0) is 48.9 Å². The zero-order chi connectivity index (χ0) is 29.4. The fraction of sp³-hybridized carbons (Fsp3) is 0.935. The molecule has 1 aliphatic heterocycles. The third kappa shape index (κ3) is 9.78. The van der Waals surface area contributed by atoms with Crippen LogP contribution in [0.3, 0.4) is 0 Å². The van der Waals surface area contributed by atoms with E-state index in [0.717, 1.165) is 32.2 Å². The van der Waals surface area contributed by atoms with Crippen molar-refractivity contribution in [2.24, 2.45) is 21.7 Å². The number of esters is 1. The van der Waals surface area contributed by atoms with E-state index >= 15 is 0 Å². The number of aliphatic hydroxyl groups is 1. The van der Waals surface area contributed by atoms with Gasteiger partial charge in [-0.25, -0.2) is 0 Å². The third-order valence-electron chi connectivity index (χ3n) is 9.00. The minimum absolute atomic E-state index is 0.0367. The van der Waals surface area contributed by atoms with Crippen molar-refractivity contribution in [1.29, 1.82) is 0 Å². The van der Waals surface area contributed by atoms with Gasteiger partial charge in [0.15, 0.2) is 0 Å². The number of rotatable bonds is 15. The summed E-state index contributed by atoms with van der Waals surface area (Å²) in [7, 11) is 0. The van der Waals surface area contributed by atoms with Crippen LogP contribution in [0, 0.1) is 21.7 Å². The van der Waals surface area contributed by atoms with Gasteiger partial charge >= 0.3 is 5.97 Å². The molecule has 7 nitrogen and oxygen atoms in total. The summed E-state index contributed by atoms with van der Waals surface area (Å²) in [6.45, 7) is 25.2. The van der Waals surface area contributed by atoms with E-state index in [9.17, 15) is 9.59 Å². The lowest BCUT2D eigenvalue weighted by Crippen LogP contribution is -2.54. The Morgan fingerprint density at radius 1 is 0.974 bits per heavy atom. The van der Waals surface area contributed by atoms with Crippen LogP contribution in [-0.4, -0.2) is 73.1 Å². The molecule has 0 aromatic heterocycles. The van der Waals surface area contributed by atoms with Crippen LogP contribution in [0.2, 0.25) is 0 Å². The van der Waals surface area contributed by atoms with E-state index in [-0.39, 0.29) is 59.6 Å². The minimum Gasteiger partial charge on any atom is -0.462 e. The number of hydrogen-bond acceptors (Lipinski definition) is 6. The molecule has 3 atom stereocenters. The van der Waals surface area contributed by atoms with Gasteiger partial charge in [-0.15, -0.1) is 0 Å². The highest BCUT2D eigenvalue weighted by Crippen LogP contribution is 2.51. The molecule has 0 aromatic rings. The molecule has 0 aliphatic carbocycles. The molecule has 3 unspecified atom stereocenters. The van der Waals surface area contributed by atoms with Crippen LogP contribution in [0.5, 0.6) is 0 Å². The zero-order valence-corrected chi connectivity index (χ0v) is 26.4. The number of ether oxygens (including phenoxy) is 3. The summed E-state index contributed by atoms with van der Waals surface area (Å²) in [6, 6.07) is 0.0800. The highest BCUT2D eigenvalue weighted by atomic mass is 16.5. The summed E-state index contributed by atoms with van der Waals surface area (Å²) < 4.78 is 17.8. The van der Waals surface area contributed by atoms with Crippen molar-refractivity contribution in [2.75, 3.05) is 33.0 Å². The predicted octanol–water partition coefficient (Wildman–Crippen LogP) is 6.01. The summed E-state index contributed by atoms with van der Waals surface area (Å²) in [5.74, 6) is -0.0367. The summed E-state index contributed by atoms with van der Waals surface area (Å²) in [4.78, 5) is 27.7. The summed E-state index contributed by atoms with van der Waals surface area (Å²) in [5, 5.41) is 9.16. The zero-order valence-electron chi connectivity index (χ0n) is 26.4. The van der Waals surface area contributed by atoms with E-state index in [0.29, 0.717) is 26.1 Å². The Morgan fingerprint density at radius 2 is 1.61 bits per heavy atom. The molecule has 7 heteroatoms. The van der Waals surface area contributed by atoms with Gasteiger partial charge in [-0.2, -0.15) is 0 Å². The van der Waals surface area contributed by atoms with Crippen LogP contribution in [0.15, 0.2) is 0 Å². The quantitative estimate of drug-likeness (QED) is 0.202. The first-order valence-electron chi connectivity index (χ1n) is 14.7. The van der Waals surface area contributed by atoms with E-state index in [1.54, 1.807) is 0 Å². The smallest absolute Gasteiger partial charge is 0.302 e. The van der Waals surface area contributed by atoms with E-state index in [1.165, 1.54) is 6.92 Å². The molecule has 1 aliphatic rings. The van der Waals surface area contributed by atoms with E-state index in [1.807, 2.05) is 6.92 Å². The molecular weight excluding hydrogens is 482 g/mol. The lowest BCUT2D eigenvalue weighted by Gasteiger charge is -2.52. The van der Waals surface area contributed by atoms with Crippen molar-refractivity contribution in [3.8, 4) is 0 Å². The minimum atomic E-state index is -0.406. The molecule has 1 saturated heterocycles. The van der Waals surface area contributed by atoms with E-state index < -0.39 is 5.41 Å². The maximum atomic E-state index is 13.2. The average molecular weight is 542 g/mol. The van der Waals surface area contributed by atoms with Gasteiger partial charge in [0.05, 0.1) is 25.9 Å². The molecule has 0 radical (unpaired) electrons. The van der Waals surface area contributed by atoms with Gasteiger partial charge in [-0.1, -0.05) is 68.7 Å². The predicted molar refractivity (Wildman–Crippen MR) is 153 cm³/mol. The van der Waals surface area contributed by atoms with E-state index in [4.69, 9.17) is 19.3 Å². The second-order valence-corrected chi connectivity index (χ2v) is 14.1. The molecular formula is C31H59NO6. The Kier molecular flexibility index (Phi) is 13.3. The Morgan fingerprint density at radius 3 is 2.13 bits per heavy atom. The molecule has 1 heterocycles. The first-order chi connectivity index (χ1) is 17.4. The summed E-state index contributed by atoms with van der Waals surface area (Å²) >= 11 is 0. The number of carbonyl (C=O) groups excluding carboxylic acids is 2. The van der Waals surface area contributed by atoms with Crippen molar-refractivity contribution in [1.82, 2.24) is 4.90 Å². The van der Waals surface area contributed by atoms with Crippen LogP contribution < -0.4 is 0 Å². The third-order valence-corrected chi connectivity index (χ3v) is 9.00. The SMILES string of the molecule is CCOC(COCCO)C(C)(C)CC(OC(C)=O)C(C)(C)C(C)(C)CC(N1CCCCCC1=O)C(C)(C)C. The second-order valence-electron chi connectivity index (χ2n) is 14.1. The Balaban J connectivity index is 3.34.